The minimum Gasteiger partial charge on any atom is -0.339 e. The van der Waals surface area contributed by atoms with Gasteiger partial charge in [-0.25, -0.2) is 4.98 Å². The van der Waals surface area contributed by atoms with Crippen LogP contribution >= 0.6 is 15.9 Å². The van der Waals surface area contributed by atoms with Crippen LogP contribution in [0.25, 0.3) is 0 Å². The van der Waals surface area contributed by atoms with Crippen LogP contribution in [-0.2, 0) is 4.79 Å². The van der Waals surface area contributed by atoms with E-state index >= 15 is 0 Å². The molecule has 0 aliphatic heterocycles. The summed E-state index contributed by atoms with van der Waals surface area (Å²) in [5.74, 6) is 0.742. The third-order valence-electron chi connectivity index (χ3n) is 2.66. The van der Waals surface area contributed by atoms with Crippen molar-refractivity contribution in [3.8, 4) is 0 Å². The van der Waals surface area contributed by atoms with Gasteiger partial charge in [0.15, 0.2) is 0 Å². The third-order valence-corrected chi connectivity index (χ3v) is 3.35. The second-order valence-electron chi connectivity index (χ2n) is 4.34. The predicted octanol–water partition coefficient (Wildman–Crippen LogP) is 4.33. The summed E-state index contributed by atoms with van der Waals surface area (Å²) in [6.07, 6.45) is 3.00. The van der Waals surface area contributed by atoms with Crippen LogP contribution in [0.4, 0.5) is 17.2 Å². The fourth-order valence-electron chi connectivity index (χ4n) is 1.69. The Morgan fingerprint density at radius 1 is 1.25 bits per heavy atom. The summed E-state index contributed by atoms with van der Waals surface area (Å²) in [5.41, 5.74) is 1.66. The van der Waals surface area contributed by atoms with Crippen LogP contribution in [0.15, 0.2) is 47.1 Å². The number of hydrogen-bond donors (Lipinski definition) is 2. The van der Waals surface area contributed by atoms with Gasteiger partial charge in [-0.2, -0.15) is 0 Å². The van der Waals surface area contributed by atoms with Crippen molar-refractivity contribution in [3.05, 3.63) is 47.1 Å². The third kappa shape index (κ3) is 4.06. The highest BCUT2D eigenvalue weighted by molar-refractivity contribution is 9.10. The summed E-state index contributed by atoms with van der Waals surface area (Å²) in [7, 11) is 0. The zero-order valence-corrected chi connectivity index (χ0v) is 12.8. The fraction of sp³-hybridized carbons (Fsp3) is 0.200. The first-order valence-electron chi connectivity index (χ1n) is 6.46. The van der Waals surface area contributed by atoms with Gasteiger partial charge < -0.3 is 10.6 Å². The lowest BCUT2D eigenvalue weighted by molar-refractivity contribution is -0.116. The van der Waals surface area contributed by atoms with Crippen molar-refractivity contribution < 1.29 is 4.79 Å². The van der Waals surface area contributed by atoms with Gasteiger partial charge in [0, 0.05) is 10.9 Å². The Balaban J connectivity index is 2.02. The lowest BCUT2D eigenvalue weighted by atomic mass is 10.3. The number of rotatable bonds is 5. The molecule has 0 unspecified atom stereocenters. The van der Waals surface area contributed by atoms with E-state index in [9.17, 15) is 4.79 Å². The molecule has 0 fully saturated rings. The summed E-state index contributed by atoms with van der Waals surface area (Å²) in [6, 6.07) is 11.5. The zero-order valence-electron chi connectivity index (χ0n) is 11.2. The van der Waals surface area contributed by atoms with Crippen LogP contribution in [0.1, 0.15) is 19.8 Å². The molecule has 0 bridgehead atoms. The lowest BCUT2D eigenvalue weighted by Gasteiger charge is -2.08. The molecule has 104 valence electrons. The first kappa shape index (κ1) is 14.5. The van der Waals surface area contributed by atoms with Crippen molar-refractivity contribution in [3.63, 3.8) is 0 Å². The summed E-state index contributed by atoms with van der Waals surface area (Å²) >= 11 is 3.47. The number of nitrogens with one attached hydrogen (secondary N) is 2. The summed E-state index contributed by atoms with van der Waals surface area (Å²) < 4.78 is 0.974. The van der Waals surface area contributed by atoms with Crippen molar-refractivity contribution in [2.45, 2.75) is 19.8 Å². The molecule has 2 aromatic rings. The molecule has 2 N–H and O–H groups in total. The smallest absolute Gasteiger partial charge is 0.224 e. The zero-order chi connectivity index (χ0) is 14.4. The maximum Gasteiger partial charge on any atom is 0.224 e. The van der Waals surface area contributed by atoms with Gasteiger partial charge in [-0.15, -0.1) is 0 Å². The molecule has 1 amide bonds. The predicted molar refractivity (Wildman–Crippen MR) is 85.2 cm³/mol. The van der Waals surface area contributed by atoms with E-state index in [-0.39, 0.29) is 5.91 Å². The van der Waals surface area contributed by atoms with Gasteiger partial charge in [0.1, 0.15) is 5.82 Å². The number of amides is 1. The second-order valence-corrected chi connectivity index (χ2v) is 5.19. The van der Waals surface area contributed by atoms with Gasteiger partial charge in [-0.05, 0) is 46.6 Å². The molecule has 0 aliphatic rings. The molecule has 2 rings (SSSR count). The van der Waals surface area contributed by atoms with Crippen LogP contribution < -0.4 is 10.6 Å². The van der Waals surface area contributed by atoms with E-state index in [1.807, 2.05) is 43.3 Å². The minimum atomic E-state index is 0.0146. The van der Waals surface area contributed by atoms with Crippen LogP contribution in [0.5, 0.6) is 0 Å². The topological polar surface area (TPSA) is 54.0 Å². The number of carbonyl (C=O) groups excluding carboxylic acids is 1. The van der Waals surface area contributed by atoms with Crippen molar-refractivity contribution in [2.24, 2.45) is 0 Å². The Hall–Kier alpha value is -1.88. The molecule has 0 radical (unpaired) electrons. The van der Waals surface area contributed by atoms with Crippen LogP contribution in [0, 0.1) is 0 Å². The SMILES string of the molecule is CCCC(=O)Nc1ccc(Nc2ccccc2Br)nc1. The quantitative estimate of drug-likeness (QED) is 0.856. The van der Waals surface area contributed by atoms with E-state index in [1.165, 1.54) is 0 Å². The van der Waals surface area contributed by atoms with Gasteiger partial charge in [-0.3, -0.25) is 4.79 Å². The van der Waals surface area contributed by atoms with Crippen LogP contribution in [0.3, 0.4) is 0 Å². The summed E-state index contributed by atoms with van der Waals surface area (Å²) in [6.45, 7) is 1.97. The molecule has 0 atom stereocenters. The number of benzene rings is 1. The fourth-order valence-corrected chi connectivity index (χ4v) is 2.08. The van der Waals surface area contributed by atoms with Gasteiger partial charge >= 0.3 is 0 Å². The molecule has 0 spiro atoms. The van der Waals surface area contributed by atoms with Crippen molar-refractivity contribution in [1.82, 2.24) is 4.98 Å². The average Bonchev–Trinajstić information content (AvgIpc) is 2.44. The van der Waals surface area contributed by atoms with Gasteiger partial charge in [0.05, 0.1) is 17.6 Å². The number of hydrogen-bond acceptors (Lipinski definition) is 3. The molecule has 1 heterocycles. The average molecular weight is 334 g/mol. The maximum atomic E-state index is 11.5. The highest BCUT2D eigenvalue weighted by atomic mass is 79.9. The van der Waals surface area contributed by atoms with Crippen LogP contribution in [-0.4, -0.2) is 10.9 Å². The second kappa shape index (κ2) is 7.05. The number of nitrogens with zero attached hydrogens (tertiary/aromatic N) is 1. The lowest BCUT2D eigenvalue weighted by Crippen LogP contribution is -2.10. The monoisotopic (exact) mass is 333 g/mol. The molecule has 20 heavy (non-hydrogen) atoms. The standard InChI is InChI=1S/C15H16BrN3O/c1-2-5-15(20)18-11-8-9-14(17-10-11)19-13-7-4-3-6-12(13)16/h3-4,6-10H,2,5H2,1H3,(H,17,19)(H,18,20). The summed E-state index contributed by atoms with van der Waals surface area (Å²) in [4.78, 5) is 15.8. The molecule has 0 saturated carbocycles. The highest BCUT2D eigenvalue weighted by Crippen LogP contribution is 2.24. The molecule has 1 aromatic heterocycles. The van der Waals surface area contributed by atoms with E-state index in [1.54, 1.807) is 6.20 Å². The Morgan fingerprint density at radius 3 is 2.70 bits per heavy atom. The highest BCUT2D eigenvalue weighted by Gasteiger charge is 2.03. The maximum absolute atomic E-state index is 11.5. The summed E-state index contributed by atoms with van der Waals surface area (Å²) in [5, 5.41) is 6.01. The number of halogens is 1. The molecule has 4 nitrogen and oxygen atoms in total. The molecular formula is C15H16BrN3O. The van der Waals surface area contributed by atoms with Gasteiger partial charge in [-0.1, -0.05) is 19.1 Å². The van der Waals surface area contributed by atoms with E-state index in [0.29, 0.717) is 12.1 Å². The van der Waals surface area contributed by atoms with E-state index in [0.717, 1.165) is 22.4 Å². The first-order valence-corrected chi connectivity index (χ1v) is 7.26. The van der Waals surface area contributed by atoms with Crippen LogP contribution in [0.2, 0.25) is 0 Å². The Labute approximate surface area is 126 Å². The normalized spacial score (nSPS) is 10.1. The Bertz CT molecular complexity index is 584. The van der Waals surface area contributed by atoms with Crippen molar-refractivity contribution >= 4 is 39.0 Å². The minimum absolute atomic E-state index is 0.0146. The molecule has 1 aromatic carbocycles. The van der Waals surface area contributed by atoms with Gasteiger partial charge in [0.25, 0.3) is 0 Å². The molecule has 0 saturated heterocycles. The van der Waals surface area contributed by atoms with E-state index < -0.39 is 0 Å². The van der Waals surface area contributed by atoms with Crippen molar-refractivity contribution in [2.75, 3.05) is 10.6 Å². The number of carbonyl (C=O) groups is 1. The molecular weight excluding hydrogens is 318 g/mol. The number of anilines is 3. The number of pyridine rings is 1. The molecule has 5 heteroatoms. The van der Waals surface area contributed by atoms with E-state index in [4.69, 9.17) is 0 Å². The van der Waals surface area contributed by atoms with Gasteiger partial charge in [0.2, 0.25) is 5.91 Å². The largest absolute Gasteiger partial charge is 0.339 e. The molecule has 0 aliphatic carbocycles. The number of para-hydroxylation sites is 1. The number of aromatic nitrogens is 1. The Morgan fingerprint density at radius 2 is 2.05 bits per heavy atom. The Kier molecular flexibility index (Phi) is 5.12. The van der Waals surface area contributed by atoms with Crippen molar-refractivity contribution in [1.29, 1.82) is 0 Å². The first-order chi connectivity index (χ1) is 9.69. The van der Waals surface area contributed by atoms with E-state index in [2.05, 4.69) is 31.5 Å².